The number of methoxy groups -OCH3 is 1. The number of carbonyl (C=O) groups is 7. The van der Waals surface area contributed by atoms with Crippen LogP contribution in [0.5, 0.6) is 5.75 Å². The molecule has 6 rings (SSSR count). The highest BCUT2D eigenvalue weighted by molar-refractivity contribution is 6.01. The summed E-state index contributed by atoms with van der Waals surface area (Å²) in [5.74, 6) is -4.35. The quantitative estimate of drug-likeness (QED) is 0.0402. The van der Waals surface area contributed by atoms with Crippen molar-refractivity contribution in [1.82, 2.24) is 25.5 Å². The van der Waals surface area contributed by atoms with Gasteiger partial charge < -0.3 is 60.4 Å². The predicted molar refractivity (Wildman–Crippen MR) is 224 cm³/mol. The van der Waals surface area contributed by atoms with Crippen LogP contribution in [0, 0.1) is 0 Å². The van der Waals surface area contributed by atoms with Crippen molar-refractivity contribution in [1.29, 1.82) is 0 Å². The van der Waals surface area contributed by atoms with Gasteiger partial charge in [-0.3, -0.25) is 28.8 Å². The summed E-state index contributed by atoms with van der Waals surface area (Å²) in [4.78, 5) is 106. The van der Waals surface area contributed by atoms with Crippen LogP contribution in [0.15, 0.2) is 59.4 Å². The van der Waals surface area contributed by atoms with Gasteiger partial charge in [0.15, 0.2) is 5.60 Å². The third-order valence-corrected chi connectivity index (χ3v) is 10.5. The number of rotatable bonds is 18. The maximum absolute atomic E-state index is 13.5. The maximum Gasteiger partial charge on any atom is 0.514 e. The molecule has 4 atom stereocenters. The molecule has 338 valence electrons. The SMILES string of the molecule is CC[C@@]1(O)C(=O)OCc2c1cc1n(c2=O)Cc2cc3cc(OC(=O)OCc4ccc(NC(=O)[C@H](CC(N)=O)NC(=O)[C@H](C)NC(=O)[C@H](C)NC(=O)COCCOC)cc4)ccc3nc2-1. The van der Waals surface area contributed by atoms with Gasteiger partial charge in [0.1, 0.15) is 43.7 Å². The number of anilines is 1. The number of aromatic nitrogens is 2. The van der Waals surface area contributed by atoms with E-state index in [2.05, 4.69) is 21.3 Å². The fourth-order valence-electron chi connectivity index (χ4n) is 6.98. The minimum Gasteiger partial charge on any atom is -0.458 e. The van der Waals surface area contributed by atoms with Gasteiger partial charge in [0.05, 0.1) is 48.6 Å². The molecule has 0 aliphatic carbocycles. The first kappa shape index (κ1) is 46.3. The summed E-state index contributed by atoms with van der Waals surface area (Å²) >= 11 is 0. The van der Waals surface area contributed by atoms with E-state index in [1.165, 1.54) is 43.7 Å². The molecule has 5 amide bonds. The van der Waals surface area contributed by atoms with Crippen molar-refractivity contribution in [3.8, 4) is 17.1 Å². The average Bonchev–Trinajstić information content (AvgIpc) is 3.62. The Kier molecular flexibility index (Phi) is 14.4. The molecular weight excluding hydrogens is 839 g/mol. The Labute approximate surface area is 364 Å². The van der Waals surface area contributed by atoms with Gasteiger partial charge in [-0.15, -0.1) is 0 Å². The van der Waals surface area contributed by atoms with E-state index >= 15 is 0 Å². The predicted octanol–water partition coefficient (Wildman–Crippen LogP) is 0.766. The summed E-state index contributed by atoms with van der Waals surface area (Å²) in [5, 5.41) is 21.6. The molecule has 2 aliphatic rings. The number of nitrogens with one attached hydrogen (secondary N) is 4. The van der Waals surface area contributed by atoms with Crippen molar-refractivity contribution >= 4 is 58.3 Å². The number of carbonyl (C=O) groups excluding carboxylic acids is 7. The largest absolute Gasteiger partial charge is 0.514 e. The summed E-state index contributed by atoms with van der Waals surface area (Å²) in [6.07, 6.45) is -1.54. The molecule has 64 heavy (non-hydrogen) atoms. The maximum atomic E-state index is 13.5. The Balaban J connectivity index is 1.00. The van der Waals surface area contributed by atoms with E-state index in [-0.39, 0.29) is 74.1 Å². The second-order valence-corrected chi connectivity index (χ2v) is 15.1. The monoisotopic (exact) mass is 885 g/mol. The van der Waals surface area contributed by atoms with Crippen LogP contribution in [-0.2, 0) is 73.1 Å². The summed E-state index contributed by atoms with van der Waals surface area (Å²) in [6.45, 7) is 4.30. The van der Waals surface area contributed by atoms with E-state index < -0.39 is 71.8 Å². The topological polar surface area (TPSA) is 295 Å². The molecule has 0 saturated carbocycles. The van der Waals surface area contributed by atoms with Gasteiger partial charge in [-0.05, 0) is 68.3 Å². The zero-order valence-corrected chi connectivity index (χ0v) is 35.3. The van der Waals surface area contributed by atoms with Gasteiger partial charge in [0.25, 0.3) is 5.56 Å². The van der Waals surface area contributed by atoms with Crippen LogP contribution in [0.4, 0.5) is 10.5 Å². The van der Waals surface area contributed by atoms with Gasteiger partial charge in [-0.2, -0.15) is 0 Å². The summed E-state index contributed by atoms with van der Waals surface area (Å²) in [5.41, 5.74) is 6.45. The first-order valence-corrected chi connectivity index (χ1v) is 20.1. The van der Waals surface area contributed by atoms with Crippen molar-refractivity contribution in [2.24, 2.45) is 5.73 Å². The molecular formula is C43H47N7O14. The van der Waals surface area contributed by atoms with Crippen LogP contribution in [0.2, 0.25) is 0 Å². The molecule has 0 fully saturated rings. The number of pyridine rings is 2. The zero-order valence-electron chi connectivity index (χ0n) is 35.3. The second kappa shape index (κ2) is 19.9. The molecule has 4 heterocycles. The molecule has 0 saturated heterocycles. The Hall–Kier alpha value is -7.23. The van der Waals surface area contributed by atoms with Gasteiger partial charge in [-0.1, -0.05) is 19.1 Å². The lowest BCUT2D eigenvalue weighted by molar-refractivity contribution is -0.172. The number of fused-ring (bicyclic) bond motifs is 5. The standard InChI is InChI=1S/C43H47N7O14/c1-5-43(59)30-16-33-36-26(18-50(33)40(56)29(30)20-62-41(43)57)14-25-15-28(10-11-31(25)48-36)64-42(58)63-19-24-6-8-27(9-7-24)47-39(55)32(17-34(44)51)49-38(54)23(3)46-37(53)22(2)45-35(52)21-61-13-12-60-4/h6-11,14-16,22-23,32,59H,5,12-13,17-21H2,1-4H3,(H2,44,51)(H,45,52)(H,46,53)(H,47,55)(H,49,54)/t22-,23-,32-,43-/m0/s1. The lowest BCUT2D eigenvalue weighted by atomic mass is 9.86. The molecule has 2 aromatic carbocycles. The van der Waals surface area contributed by atoms with Crippen LogP contribution in [0.3, 0.4) is 0 Å². The number of esters is 1. The Morgan fingerprint density at radius 3 is 2.36 bits per heavy atom. The third-order valence-electron chi connectivity index (χ3n) is 10.5. The second-order valence-electron chi connectivity index (χ2n) is 15.1. The highest BCUT2D eigenvalue weighted by atomic mass is 16.7. The van der Waals surface area contributed by atoms with Crippen LogP contribution >= 0.6 is 0 Å². The number of aliphatic hydroxyl groups is 1. The van der Waals surface area contributed by atoms with Gasteiger partial charge in [-0.25, -0.2) is 14.6 Å². The third kappa shape index (κ3) is 10.5. The highest BCUT2D eigenvalue weighted by Crippen LogP contribution is 2.39. The first-order valence-electron chi connectivity index (χ1n) is 20.1. The zero-order chi connectivity index (χ0) is 46.3. The smallest absolute Gasteiger partial charge is 0.458 e. The molecule has 21 heteroatoms. The van der Waals surface area contributed by atoms with Crippen LogP contribution in [0.1, 0.15) is 55.9 Å². The molecule has 0 spiro atoms. The normalized spacial score (nSPS) is 16.2. The van der Waals surface area contributed by atoms with E-state index in [1.54, 1.807) is 37.3 Å². The average molecular weight is 886 g/mol. The van der Waals surface area contributed by atoms with E-state index in [9.17, 15) is 43.5 Å². The molecule has 4 aromatic rings. The van der Waals surface area contributed by atoms with E-state index in [1.807, 2.05) is 6.07 Å². The number of hydrogen-bond donors (Lipinski definition) is 6. The molecule has 21 nitrogen and oxygen atoms in total. The fourth-order valence-corrected chi connectivity index (χ4v) is 6.98. The van der Waals surface area contributed by atoms with Crippen molar-refractivity contribution < 1.29 is 62.4 Å². The molecule has 0 bridgehead atoms. The number of benzene rings is 2. The molecule has 7 N–H and O–H groups in total. The van der Waals surface area contributed by atoms with Crippen molar-refractivity contribution in [3.05, 3.63) is 87.2 Å². The number of cyclic esters (lactones) is 1. The molecule has 0 unspecified atom stereocenters. The van der Waals surface area contributed by atoms with Crippen molar-refractivity contribution in [2.45, 2.75) is 77.1 Å². The van der Waals surface area contributed by atoms with Crippen LogP contribution in [-0.4, -0.2) is 101 Å². The van der Waals surface area contributed by atoms with Gasteiger partial charge >= 0.3 is 12.1 Å². The van der Waals surface area contributed by atoms with E-state index in [0.29, 0.717) is 33.4 Å². The number of nitrogens with zero attached hydrogens (tertiary/aromatic N) is 2. The number of primary amides is 1. The lowest BCUT2D eigenvalue weighted by Gasteiger charge is -2.31. The first-order chi connectivity index (χ1) is 30.5. The van der Waals surface area contributed by atoms with Gasteiger partial charge in [0.2, 0.25) is 29.5 Å². The number of nitrogens with two attached hydrogens (primary N) is 1. The minimum atomic E-state index is -1.94. The number of amides is 5. The van der Waals surface area contributed by atoms with Crippen molar-refractivity contribution in [3.63, 3.8) is 0 Å². The van der Waals surface area contributed by atoms with Crippen molar-refractivity contribution in [2.75, 3.05) is 32.2 Å². The molecule has 2 aromatic heterocycles. The number of hydrogen-bond acceptors (Lipinski definition) is 15. The Morgan fingerprint density at radius 1 is 0.938 bits per heavy atom. The Bertz CT molecular complexity index is 2560. The van der Waals surface area contributed by atoms with Gasteiger partial charge in [0, 0.05) is 29.3 Å². The lowest BCUT2D eigenvalue weighted by Crippen LogP contribution is -2.55. The van der Waals surface area contributed by atoms with Crippen LogP contribution < -0.4 is 37.3 Å². The minimum absolute atomic E-state index is 0.0220. The summed E-state index contributed by atoms with van der Waals surface area (Å²) in [6, 6.07) is 10.7. The highest BCUT2D eigenvalue weighted by Gasteiger charge is 2.45. The number of ether oxygens (including phenoxy) is 5. The summed E-state index contributed by atoms with van der Waals surface area (Å²) < 4.78 is 27.3. The fraction of sp³-hybridized carbons (Fsp3) is 0.372. The van der Waals surface area contributed by atoms with E-state index in [4.69, 9.17) is 34.4 Å². The van der Waals surface area contributed by atoms with E-state index in [0.717, 1.165) is 0 Å². The Morgan fingerprint density at radius 2 is 1.66 bits per heavy atom. The van der Waals surface area contributed by atoms with Crippen LogP contribution in [0.25, 0.3) is 22.3 Å². The molecule has 0 radical (unpaired) electrons. The summed E-state index contributed by atoms with van der Waals surface area (Å²) in [7, 11) is 1.48. The molecule has 2 aliphatic heterocycles.